The van der Waals surface area contributed by atoms with Gasteiger partial charge in [-0.3, -0.25) is 9.69 Å². The minimum Gasteiger partial charge on any atom is -0.488 e. The van der Waals surface area contributed by atoms with Crippen molar-refractivity contribution >= 4 is 45.2 Å². The molecule has 0 spiro atoms. The quantitative estimate of drug-likeness (QED) is 0.564. The molecule has 0 aliphatic carbocycles. The Morgan fingerprint density at radius 3 is 2.62 bits per heavy atom. The van der Waals surface area contributed by atoms with Gasteiger partial charge in [0.05, 0.1) is 4.47 Å². The van der Waals surface area contributed by atoms with Gasteiger partial charge in [-0.05, 0) is 76.5 Å². The standard InChI is InChI=1S/C19H16BrFN2O2S/c1-2-23-18(24)16(22-19(23)26)10-13-5-8-17(15(20)9-13)25-11-12-3-6-14(21)7-4-12/h3-10H,2,11H2,1H3,(H,22,26). The molecule has 2 aromatic carbocycles. The molecule has 3 rings (SSSR count). The summed E-state index contributed by atoms with van der Waals surface area (Å²) in [7, 11) is 0. The third kappa shape index (κ3) is 4.11. The Labute approximate surface area is 164 Å². The molecule has 1 N–H and O–H groups in total. The zero-order valence-electron chi connectivity index (χ0n) is 14.0. The number of likely N-dealkylation sites (N-methyl/N-ethyl adjacent to an activating group) is 1. The van der Waals surface area contributed by atoms with Crippen LogP contribution in [0.15, 0.2) is 52.6 Å². The topological polar surface area (TPSA) is 41.6 Å². The normalized spacial score (nSPS) is 15.5. The van der Waals surface area contributed by atoms with Gasteiger partial charge in [0.25, 0.3) is 5.91 Å². The van der Waals surface area contributed by atoms with E-state index < -0.39 is 0 Å². The van der Waals surface area contributed by atoms with Crippen molar-refractivity contribution in [3.05, 3.63) is 69.6 Å². The van der Waals surface area contributed by atoms with E-state index in [1.165, 1.54) is 17.0 Å². The number of benzene rings is 2. The van der Waals surface area contributed by atoms with Gasteiger partial charge in [0.15, 0.2) is 5.11 Å². The summed E-state index contributed by atoms with van der Waals surface area (Å²) in [6, 6.07) is 11.7. The van der Waals surface area contributed by atoms with Crippen LogP contribution in [0.2, 0.25) is 0 Å². The van der Waals surface area contributed by atoms with E-state index in [-0.39, 0.29) is 11.7 Å². The first-order chi connectivity index (χ1) is 12.5. The number of carbonyl (C=O) groups excluding carboxylic acids is 1. The molecule has 1 aliphatic rings. The van der Waals surface area contributed by atoms with Gasteiger partial charge in [-0.2, -0.15) is 0 Å². The fraction of sp³-hybridized carbons (Fsp3) is 0.158. The van der Waals surface area contributed by atoms with E-state index in [9.17, 15) is 9.18 Å². The van der Waals surface area contributed by atoms with Gasteiger partial charge in [-0.1, -0.05) is 18.2 Å². The first-order valence-electron chi connectivity index (χ1n) is 7.99. The zero-order valence-corrected chi connectivity index (χ0v) is 16.4. The van der Waals surface area contributed by atoms with Crippen LogP contribution in [0.25, 0.3) is 6.08 Å². The number of amides is 1. The maximum atomic E-state index is 12.9. The van der Waals surface area contributed by atoms with Crippen LogP contribution in [0.4, 0.5) is 4.39 Å². The van der Waals surface area contributed by atoms with Gasteiger partial charge >= 0.3 is 0 Å². The number of ether oxygens (including phenoxy) is 1. The lowest BCUT2D eigenvalue weighted by Crippen LogP contribution is -2.30. The minimum absolute atomic E-state index is 0.134. The maximum Gasteiger partial charge on any atom is 0.276 e. The summed E-state index contributed by atoms with van der Waals surface area (Å²) >= 11 is 8.62. The van der Waals surface area contributed by atoms with Crippen LogP contribution in [0.3, 0.4) is 0 Å². The van der Waals surface area contributed by atoms with E-state index in [1.807, 2.05) is 25.1 Å². The molecule has 0 unspecified atom stereocenters. The van der Waals surface area contributed by atoms with Crippen LogP contribution in [0.1, 0.15) is 18.1 Å². The summed E-state index contributed by atoms with van der Waals surface area (Å²) in [6.07, 6.45) is 1.75. The number of hydrogen-bond acceptors (Lipinski definition) is 3. The Morgan fingerprint density at radius 1 is 1.27 bits per heavy atom. The molecule has 134 valence electrons. The summed E-state index contributed by atoms with van der Waals surface area (Å²) in [6.45, 7) is 2.74. The minimum atomic E-state index is -0.275. The number of rotatable bonds is 5. The van der Waals surface area contributed by atoms with Gasteiger partial charge in [-0.15, -0.1) is 0 Å². The van der Waals surface area contributed by atoms with E-state index in [2.05, 4.69) is 21.2 Å². The third-order valence-electron chi connectivity index (χ3n) is 3.85. The van der Waals surface area contributed by atoms with Crippen LogP contribution in [0, 0.1) is 5.82 Å². The second-order valence-electron chi connectivity index (χ2n) is 5.64. The average Bonchev–Trinajstić information content (AvgIpc) is 2.88. The Bertz CT molecular complexity index is 884. The molecule has 1 aliphatic heterocycles. The molecule has 1 saturated heterocycles. The van der Waals surface area contributed by atoms with Crippen molar-refractivity contribution in [1.82, 2.24) is 10.2 Å². The van der Waals surface area contributed by atoms with Crippen molar-refractivity contribution < 1.29 is 13.9 Å². The summed E-state index contributed by atoms with van der Waals surface area (Å²) < 4.78 is 19.4. The zero-order chi connectivity index (χ0) is 18.7. The maximum absolute atomic E-state index is 12.9. The van der Waals surface area contributed by atoms with Gasteiger partial charge in [0.2, 0.25) is 0 Å². The van der Waals surface area contributed by atoms with E-state index in [1.54, 1.807) is 18.2 Å². The van der Waals surface area contributed by atoms with Crippen LogP contribution in [-0.2, 0) is 11.4 Å². The van der Waals surface area contributed by atoms with E-state index in [4.69, 9.17) is 17.0 Å². The Morgan fingerprint density at radius 2 is 2.00 bits per heavy atom. The average molecular weight is 435 g/mol. The predicted molar refractivity (Wildman–Crippen MR) is 106 cm³/mol. The smallest absolute Gasteiger partial charge is 0.276 e. The second-order valence-corrected chi connectivity index (χ2v) is 6.88. The SMILES string of the molecule is CCN1C(=O)C(=Cc2ccc(OCc3ccc(F)cc3)c(Br)c2)NC1=S. The molecule has 0 bridgehead atoms. The number of carbonyl (C=O) groups is 1. The molecule has 0 saturated carbocycles. The lowest BCUT2D eigenvalue weighted by molar-refractivity contribution is -0.122. The molecule has 0 radical (unpaired) electrons. The molecule has 0 atom stereocenters. The fourth-order valence-corrected chi connectivity index (χ4v) is 3.32. The molecule has 2 aromatic rings. The molecule has 1 heterocycles. The number of hydrogen-bond donors (Lipinski definition) is 1. The molecule has 26 heavy (non-hydrogen) atoms. The number of nitrogens with zero attached hydrogens (tertiary/aromatic N) is 1. The highest BCUT2D eigenvalue weighted by molar-refractivity contribution is 9.10. The number of nitrogens with one attached hydrogen (secondary N) is 1. The van der Waals surface area contributed by atoms with Crippen molar-refractivity contribution in [2.24, 2.45) is 0 Å². The number of thiocarbonyl (C=S) groups is 1. The third-order valence-corrected chi connectivity index (χ3v) is 4.80. The Kier molecular flexibility index (Phi) is 5.68. The Hall–Kier alpha value is -2.25. The van der Waals surface area contributed by atoms with Gasteiger partial charge < -0.3 is 10.1 Å². The first kappa shape index (κ1) is 18.5. The lowest BCUT2D eigenvalue weighted by Gasteiger charge is -2.09. The first-order valence-corrected chi connectivity index (χ1v) is 9.19. The monoisotopic (exact) mass is 434 g/mol. The molecular weight excluding hydrogens is 419 g/mol. The van der Waals surface area contributed by atoms with E-state index >= 15 is 0 Å². The highest BCUT2D eigenvalue weighted by Crippen LogP contribution is 2.28. The van der Waals surface area contributed by atoms with Crippen molar-refractivity contribution in [3.8, 4) is 5.75 Å². The molecule has 7 heteroatoms. The molecule has 1 fully saturated rings. The summed E-state index contributed by atoms with van der Waals surface area (Å²) in [4.78, 5) is 13.7. The largest absolute Gasteiger partial charge is 0.488 e. The van der Waals surface area contributed by atoms with Crippen LogP contribution in [0.5, 0.6) is 5.75 Å². The molecule has 1 amide bonds. The van der Waals surface area contributed by atoms with Gasteiger partial charge in [-0.25, -0.2) is 4.39 Å². The molecular formula is C19H16BrFN2O2S. The lowest BCUT2D eigenvalue weighted by atomic mass is 10.2. The summed E-state index contributed by atoms with van der Waals surface area (Å²) in [5.41, 5.74) is 2.16. The van der Waals surface area contributed by atoms with E-state index in [0.29, 0.717) is 29.7 Å². The summed E-state index contributed by atoms with van der Waals surface area (Å²) in [5.74, 6) is 0.252. The van der Waals surface area contributed by atoms with Crippen LogP contribution >= 0.6 is 28.1 Å². The van der Waals surface area contributed by atoms with Crippen LogP contribution in [-0.4, -0.2) is 22.5 Å². The van der Waals surface area contributed by atoms with Gasteiger partial charge in [0.1, 0.15) is 23.9 Å². The predicted octanol–water partition coefficient (Wildman–Crippen LogP) is 4.24. The van der Waals surface area contributed by atoms with Crippen LogP contribution < -0.4 is 10.1 Å². The van der Waals surface area contributed by atoms with Crippen molar-refractivity contribution in [1.29, 1.82) is 0 Å². The Balaban J connectivity index is 1.71. The number of halogens is 2. The van der Waals surface area contributed by atoms with Gasteiger partial charge in [0, 0.05) is 6.54 Å². The molecule has 0 aromatic heterocycles. The van der Waals surface area contributed by atoms with Crippen molar-refractivity contribution in [3.63, 3.8) is 0 Å². The second kappa shape index (κ2) is 7.97. The summed E-state index contributed by atoms with van der Waals surface area (Å²) in [5, 5.41) is 3.35. The highest BCUT2D eigenvalue weighted by Gasteiger charge is 2.28. The fourth-order valence-electron chi connectivity index (χ4n) is 2.49. The van der Waals surface area contributed by atoms with Crippen molar-refractivity contribution in [2.45, 2.75) is 13.5 Å². The van der Waals surface area contributed by atoms with E-state index in [0.717, 1.165) is 15.6 Å². The van der Waals surface area contributed by atoms with Crippen molar-refractivity contribution in [2.75, 3.05) is 6.54 Å². The molecule has 4 nitrogen and oxygen atoms in total. The highest BCUT2D eigenvalue weighted by atomic mass is 79.9.